The largest absolute Gasteiger partial charge is 0.489 e. The molecule has 5 nitrogen and oxygen atoms in total. The monoisotopic (exact) mass is 401 g/mol. The van der Waals surface area contributed by atoms with Gasteiger partial charge in [-0.05, 0) is 51.9 Å². The summed E-state index contributed by atoms with van der Waals surface area (Å²) >= 11 is 0. The Morgan fingerprint density at radius 2 is 1.93 bits per heavy atom. The number of fused-ring (bicyclic) bond motifs is 1. The standard InChI is InChI=1S/C22H25F2N3O2/c1-12-6-9-17-21(27(12)13(2)28)20(24)19(23)18(22(17)29-16-4-3-5-16)14-10-25-26(11-14)15-7-8-15/h10-12,15-16H,3-9H2,1-2H3/t12-/m0/s1. The van der Waals surface area contributed by atoms with Crippen LogP contribution in [-0.2, 0) is 11.2 Å². The summed E-state index contributed by atoms with van der Waals surface area (Å²) in [5.41, 5.74) is 1.30. The molecule has 3 aliphatic rings. The third-order valence-corrected chi connectivity index (χ3v) is 6.39. The fourth-order valence-electron chi connectivity index (χ4n) is 4.41. The van der Waals surface area contributed by atoms with Gasteiger partial charge < -0.3 is 9.64 Å². The summed E-state index contributed by atoms with van der Waals surface area (Å²) in [6.07, 6.45) is 9.59. The zero-order valence-corrected chi connectivity index (χ0v) is 16.8. The van der Waals surface area contributed by atoms with Crippen molar-refractivity contribution in [3.8, 4) is 16.9 Å². The first-order valence-corrected chi connectivity index (χ1v) is 10.5. The summed E-state index contributed by atoms with van der Waals surface area (Å²) in [6.45, 7) is 3.25. The summed E-state index contributed by atoms with van der Waals surface area (Å²) in [7, 11) is 0. The number of ether oxygens (including phenoxy) is 1. The minimum absolute atomic E-state index is 0.00585. The van der Waals surface area contributed by atoms with E-state index in [0.29, 0.717) is 35.8 Å². The Morgan fingerprint density at radius 3 is 2.55 bits per heavy atom. The van der Waals surface area contributed by atoms with Crippen molar-refractivity contribution in [2.45, 2.75) is 77.0 Å². The maximum Gasteiger partial charge on any atom is 0.224 e. The fraction of sp³-hybridized carbons (Fsp3) is 0.545. The van der Waals surface area contributed by atoms with Crippen LogP contribution in [0.15, 0.2) is 12.4 Å². The lowest BCUT2D eigenvalue weighted by Gasteiger charge is -2.37. The Bertz CT molecular complexity index is 979. The predicted molar refractivity (Wildman–Crippen MR) is 105 cm³/mol. The third-order valence-electron chi connectivity index (χ3n) is 6.39. The zero-order chi connectivity index (χ0) is 20.3. The van der Waals surface area contributed by atoms with E-state index in [-0.39, 0.29) is 29.3 Å². The minimum Gasteiger partial charge on any atom is -0.489 e. The van der Waals surface area contributed by atoms with E-state index in [9.17, 15) is 4.79 Å². The molecule has 29 heavy (non-hydrogen) atoms. The molecule has 2 aromatic rings. The van der Waals surface area contributed by atoms with Gasteiger partial charge in [0.2, 0.25) is 5.91 Å². The first-order valence-electron chi connectivity index (χ1n) is 10.5. The summed E-state index contributed by atoms with van der Waals surface area (Å²) in [5.74, 6) is -1.84. The van der Waals surface area contributed by atoms with Gasteiger partial charge in [0.25, 0.3) is 0 Å². The second kappa shape index (κ2) is 6.82. The van der Waals surface area contributed by atoms with Crippen molar-refractivity contribution in [1.29, 1.82) is 0 Å². The number of nitrogens with zero attached hydrogens (tertiary/aromatic N) is 3. The van der Waals surface area contributed by atoms with E-state index in [2.05, 4.69) is 5.10 Å². The molecule has 1 amide bonds. The Morgan fingerprint density at radius 1 is 1.17 bits per heavy atom. The van der Waals surface area contributed by atoms with E-state index < -0.39 is 11.6 Å². The van der Waals surface area contributed by atoms with Crippen molar-refractivity contribution in [2.24, 2.45) is 0 Å². The molecule has 1 atom stereocenters. The molecule has 0 radical (unpaired) electrons. The van der Waals surface area contributed by atoms with Gasteiger partial charge >= 0.3 is 0 Å². The number of amides is 1. The number of carbonyl (C=O) groups is 1. The number of anilines is 1. The molecular formula is C22H25F2N3O2. The summed E-state index contributed by atoms with van der Waals surface area (Å²) in [5, 5.41) is 4.35. The van der Waals surface area contributed by atoms with E-state index in [4.69, 9.17) is 4.74 Å². The first kappa shape index (κ1) is 18.6. The van der Waals surface area contributed by atoms with Gasteiger partial charge in [-0.2, -0.15) is 5.10 Å². The highest BCUT2D eigenvalue weighted by atomic mass is 19.2. The highest BCUT2D eigenvalue weighted by Gasteiger charge is 2.37. The van der Waals surface area contributed by atoms with E-state index in [0.717, 1.165) is 32.1 Å². The maximum absolute atomic E-state index is 15.5. The molecule has 0 N–H and O–H groups in total. The number of hydrogen-bond donors (Lipinski definition) is 0. The lowest BCUT2D eigenvalue weighted by atomic mass is 9.90. The Hall–Kier alpha value is -2.44. The van der Waals surface area contributed by atoms with Gasteiger partial charge in [0, 0.05) is 30.3 Å². The SMILES string of the molecule is CC(=O)N1c2c(F)c(F)c(-c3cnn(C4CC4)c3)c(OC3CCC3)c2CC[C@@H]1C. The van der Waals surface area contributed by atoms with Gasteiger partial charge in [0.1, 0.15) is 5.75 Å². The highest BCUT2D eigenvalue weighted by Crippen LogP contribution is 2.48. The fourth-order valence-corrected chi connectivity index (χ4v) is 4.41. The molecule has 0 bridgehead atoms. The van der Waals surface area contributed by atoms with Crippen molar-refractivity contribution in [2.75, 3.05) is 4.90 Å². The molecule has 2 aliphatic carbocycles. The van der Waals surface area contributed by atoms with Crippen molar-refractivity contribution in [1.82, 2.24) is 9.78 Å². The lowest BCUT2D eigenvalue weighted by Crippen LogP contribution is -2.42. The summed E-state index contributed by atoms with van der Waals surface area (Å²) < 4.78 is 38.9. The maximum atomic E-state index is 15.5. The molecule has 0 unspecified atom stereocenters. The van der Waals surface area contributed by atoms with Crippen LogP contribution in [0.2, 0.25) is 0 Å². The number of carbonyl (C=O) groups excluding carboxylic acids is 1. The van der Waals surface area contributed by atoms with Crippen molar-refractivity contribution in [3.63, 3.8) is 0 Å². The molecular weight excluding hydrogens is 376 g/mol. The van der Waals surface area contributed by atoms with Crippen LogP contribution >= 0.6 is 0 Å². The van der Waals surface area contributed by atoms with Crippen LogP contribution in [-0.4, -0.2) is 27.8 Å². The number of hydrogen-bond acceptors (Lipinski definition) is 3. The molecule has 0 spiro atoms. The number of aromatic nitrogens is 2. The van der Waals surface area contributed by atoms with Gasteiger partial charge in [-0.1, -0.05) is 0 Å². The lowest BCUT2D eigenvalue weighted by molar-refractivity contribution is -0.117. The molecule has 1 aromatic carbocycles. The van der Waals surface area contributed by atoms with Gasteiger partial charge in [0.05, 0.1) is 29.6 Å². The van der Waals surface area contributed by atoms with E-state index >= 15 is 8.78 Å². The van der Waals surface area contributed by atoms with Crippen molar-refractivity contribution >= 4 is 11.6 Å². The number of halogens is 2. The first-order chi connectivity index (χ1) is 14.0. The molecule has 2 saturated carbocycles. The molecule has 2 heterocycles. The molecule has 5 rings (SSSR count). The molecule has 0 saturated heterocycles. The van der Waals surface area contributed by atoms with Crippen molar-refractivity contribution in [3.05, 3.63) is 29.6 Å². The smallest absolute Gasteiger partial charge is 0.224 e. The topological polar surface area (TPSA) is 47.4 Å². The van der Waals surface area contributed by atoms with E-state index in [1.54, 1.807) is 12.4 Å². The summed E-state index contributed by atoms with van der Waals surface area (Å²) in [4.78, 5) is 13.6. The van der Waals surface area contributed by atoms with Crippen LogP contribution in [0.1, 0.15) is 64.0 Å². The van der Waals surface area contributed by atoms with Crippen LogP contribution in [0, 0.1) is 11.6 Å². The predicted octanol–water partition coefficient (Wildman–Crippen LogP) is 4.78. The van der Waals surface area contributed by atoms with Crippen LogP contribution in [0.4, 0.5) is 14.5 Å². The number of benzene rings is 1. The molecule has 1 aromatic heterocycles. The van der Waals surface area contributed by atoms with Crippen molar-refractivity contribution < 1.29 is 18.3 Å². The quantitative estimate of drug-likeness (QED) is 0.741. The second-order valence-electron chi connectivity index (χ2n) is 8.55. The Kier molecular flexibility index (Phi) is 4.37. The molecule has 2 fully saturated rings. The zero-order valence-electron chi connectivity index (χ0n) is 16.8. The summed E-state index contributed by atoms with van der Waals surface area (Å²) in [6, 6.07) is 0.160. The number of rotatable bonds is 4. The van der Waals surface area contributed by atoms with Gasteiger partial charge in [0.15, 0.2) is 11.6 Å². The average Bonchev–Trinajstić information content (AvgIpc) is 3.39. The van der Waals surface area contributed by atoms with E-state index in [1.165, 1.54) is 11.8 Å². The highest BCUT2D eigenvalue weighted by molar-refractivity contribution is 5.95. The van der Waals surface area contributed by atoms with Crippen LogP contribution in [0.5, 0.6) is 5.75 Å². The van der Waals surface area contributed by atoms with Crippen LogP contribution in [0.25, 0.3) is 11.1 Å². The Labute approximate surface area is 168 Å². The van der Waals surface area contributed by atoms with Crippen LogP contribution in [0.3, 0.4) is 0 Å². The third kappa shape index (κ3) is 3.02. The second-order valence-corrected chi connectivity index (χ2v) is 8.55. The average molecular weight is 401 g/mol. The minimum atomic E-state index is -0.975. The normalized spacial score (nSPS) is 21.7. The van der Waals surface area contributed by atoms with Gasteiger partial charge in [-0.3, -0.25) is 9.48 Å². The van der Waals surface area contributed by atoms with Gasteiger partial charge in [-0.15, -0.1) is 0 Å². The molecule has 1 aliphatic heterocycles. The molecule has 154 valence electrons. The van der Waals surface area contributed by atoms with Gasteiger partial charge in [-0.25, -0.2) is 8.78 Å². The molecule has 7 heteroatoms. The Balaban J connectivity index is 1.71. The van der Waals surface area contributed by atoms with Crippen LogP contribution < -0.4 is 9.64 Å². The van der Waals surface area contributed by atoms with E-state index in [1.807, 2.05) is 11.6 Å².